The van der Waals surface area contributed by atoms with Crippen molar-refractivity contribution in [2.45, 2.75) is 119 Å². The lowest BCUT2D eigenvalue weighted by atomic mass is 9.40. The Morgan fingerprint density at radius 2 is 1.76 bits per heavy atom. The van der Waals surface area contributed by atoms with Crippen LogP contribution in [0.25, 0.3) is 0 Å². The highest BCUT2D eigenvalue weighted by Gasteiger charge is 2.75. The van der Waals surface area contributed by atoms with E-state index in [0.717, 1.165) is 5.57 Å². The maximum Gasteiger partial charge on any atom is 0.331 e. The largest absolute Gasteiger partial charge is 0.458 e. The number of cyclic esters (lactones) is 1. The molecule has 4 aliphatic carbocycles. The topological polar surface area (TPSA) is 207 Å². The summed E-state index contributed by atoms with van der Waals surface area (Å²) in [4.78, 5) is 11.8. The number of carbonyl (C=O) groups excluding carboxylic acids is 1. The zero-order chi connectivity index (χ0) is 29.7. The monoisotopic (exact) mass is 584 g/mol. The number of carbonyl (C=O) groups is 1. The Balaban J connectivity index is 1.28. The predicted molar refractivity (Wildman–Crippen MR) is 139 cm³/mol. The van der Waals surface area contributed by atoms with Crippen molar-refractivity contribution in [2.24, 2.45) is 28.6 Å². The van der Waals surface area contributed by atoms with Crippen LogP contribution in [0.3, 0.4) is 0 Å². The normalized spacial score (nSPS) is 56.9. The molecule has 0 spiro atoms. The van der Waals surface area contributed by atoms with E-state index >= 15 is 0 Å². The lowest BCUT2D eigenvalue weighted by Crippen LogP contribution is -2.76. The Labute approximate surface area is 238 Å². The maximum atomic E-state index is 12.4. The summed E-state index contributed by atoms with van der Waals surface area (Å²) in [5, 5.41) is 89.6. The van der Waals surface area contributed by atoms with Crippen molar-refractivity contribution in [3.8, 4) is 0 Å². The van der Waals surface area contributed by atoms with Crippen molar-refractivity contribution in [1.82, 2.24) is 0 Å². The Bertz CT molecular complexity index is 1080. The van der Waals surface area contributed by atoms with Gasteiger partial charge in [0.05, 0.1) is 47.6 Å². The van der Waals surface area contributed by atoms with Crippen molar-refractivity contribution < 1.29 is 59.9 Å². The summed E-state index contributed by atoms with van der Waals surface area (Å²) in [7, 11) is 0. The molecule has 0 radical (unpaired) electrons. The van der Waals surface area contributed by atoms with Crippen LogP contribution in [0.5, 0.6) is 0 Å². The molecule has 1 saturated heterocycles. The van der Waals surface area contributed by atoms with Gasteiger partial charge in [0.1, 0.15) is 24.9 Å². The third-order valence-electron chi connectivity index (χ3n) is 12.2. The zero-order valence-corrected chi connectivity index (χ0v) is 23.5. The molecule has 6 aliphatic rings. The van der Waals surface area contributed by atoms with Crippen LogP contribution in [0.15, 0.2) is 11.6 Å². The first kappa shape index (κ1) is 29.9. The molecule has 0 bridgehead atoms. The van der Waals surface area contributed by atoms with E-state index in [0.29, 0.717) is 19.3 Å². The third kappa shape index (κ3) is 3.99. The molecule has 0 aromatic carbocycles. The van der Waals surface area contributed by atoms with Crippen LogP contribution in [0.4, 0.5) is 0 Å². The summed E-state index contributed by atoms with van der Waals surface area (Å²) >= 11 is 0. The van der Waals surface area contributed by atoms with Gasteiger partial charge in [-0.15, -0.1) is 0 Å². The van der Waals surface area contributed by atoms with Crippen molar-refractivity contribution >= 4 is 5.97 Å². The van der Waals surface area contributed by atoms with E-state index in [1.165, 1.54) is 13.0 Å². The number of ether oxygens (including phenoxy) is 3. The minimum Gasteiger partial charge on any atom is -0.458 e. The van der Waals surface area contributed by atoms with Crippen LogP contribution in [-0.4, -0.2) is 120 Å². The predicted octanol–water partition coefficient (Wildman–Crippen LogP) is -1.51. The molecule has 15 atom stereocenters. The van der Waals surface area contributed by atoms with Crippen LogP contribution >= 0.6 is 0 Å². The summed E-state index contributed by atoms with van der Waals surface area (Å²) in [6, 6.07) is 0. The van der Waals surface area contributed by atoms with Crippen LogP contribution in [0.2, 0.25) is 0 Å². The van der Waals surface area contributed by atoms with E-state index in [1.807, 2.05) is 6.92 Å². The third-order valence-corrected chi connectivity index (χ3v) is 12.2. The van der Waals surface area contributed by atoms with E-state index < -0.39 is 95.5 Å². The first-order valence-electron chi connectivity index (χ1n) is 14.9. The van der Waals surface area contributed by atoms with Gasteiger partial charge in [-0.2, -0.15) is 0 Å². The first-order chi connectivity index (χ1) is 19.2. The van der Waals surface area contributed by atoms with E-state index in [1.54, 1.807) is 0 Å². The number of aliphatic hydroxyl groups is 8. The molecule has 2 heterocycles. The highest BCUT2D eigenvalue weighted by atomic mass is 16.7. The Morgan fingerprint density at radius 1 is 1.02 bits per heavy atom. The quantitative estimate of drug-likeness (QED) is 0.140. The van der Waals surface area contributed by atoms with E-state index in [9.17, 15) is 45.6 Å². The lowest BCUT2D eigenvalue weighted by molar-refractivity contribution is -0.342. The second-order valence-electron chi connectivity index (χ2n) is 13.8. The van der Waals surface area contributed by atoms with Gasteiger partial charge in [0.15, 0.2) is 6.29 Å². The fraction of sp³-hybridized carbons (Fsp3) is 0.897. The van der Waals surface area contributed by atoms with Crippen molar-refractivity contribution in [3.05, 3.63) is 11.6 Å². The molecule has 12 heteroatoms. The van der Waals surface area contributed by atoms with Gasteiger partial charge in [-0.25, -0.2) is 4.79 Å². The fourth-order valence-corrected chi connectivity index (χ4v) is 10.1. The van der Waals surface area contributed by atoms with E-state index in [4.69, 9.17) is 14.2 Å². The molecular formula is C29H44O12. The molecular weight excluding hydrogens is 540 g/mol. The highest BCUT2D eigenvalue weighted by molar-refractivity contribution is 5.85. The Kier molecular flexibility index (Phi) is 7.22. The average Bonchev–Trinajstić information content (AvgIpc) is 3.45. The van der Waals surface area contributed by atoms with Gasteiger partial charge in [-0.05, 0) is 56.4 Å². The van der Waals surface area contributed by atoms with E-state index in [2.05, 4.69) is 0 Å². The average molecular weight is 585 g/mol. The number of rotatable bonds is 4. The highest BCUT2D eigenvalue weighted by Crippen LogP contribution is 2.70. The molecule has 0 aromatic heterocycles. The minimum absolute atomic E-state index is 0.0369. The summed E-state index contributed by atoms with van der Waals surface area (Å²) in [5.41, 5.74) is -4.46. The van der Waals surface area contributed by atoms with Crippen molar-refractivity contribution in [2.75, 3.05) is 13.2 Å². The molecule has 4 saturated carbocycles. The molecule has 232 valence electrons. The number of esters is 1. The van der Waals surface area contributed by atoms with E-state index in [-0.39, 0.29) is 38.2 Å². The van der Waals surface area contributed by atoms with Crippen LogP contribution < -0.4 is 0 Å². The van der Waals surface area contributed by atoms with Crippen LogP contribution in [-0.2, 0) is 19.0 Å². The summed E-state index contributed by atoms with van der Waals surface area (Å²) in [5.74, 6) is -1.93. The molecule has 6 rings (SSSR count). The number of hydrogen-bond acceptors (Lipinski definition) is 12. The standard InChI is InChI=1S/C29H44O12/c1-13-22(34)23(35)24(36)25(40-13)41-15-8-19(32)28(12-30)21-17(3-5-27(28,37)9-15)29(38)6-4-16(14-7-20(33)39-11-14)26(29,2)10-18(21)31/h7,13,15-19,21-25,30-32,34-38H,3-6,8-12H2,1-2H3/t13-,15+,16+,17-,18+,19-,21+,22+,23-,24+,25+,26+,27-,28+,29+/m0/s1. The Hall–Kier alpha value is -1.19. The Morgan fingerprint density at radius 3 is 2.41 bits per heavy atom. The SMILES string of the molecule is C[C@@H]1O[C@H](O[C@@H]2C[C@H](O)[C@]3(CO)[C@H]4[C@H](O)C[C@]5(C)[C@@H](C6=CC(=O)OC6)CC[C@@]5(O)[C@H]4CC[C@]3(O)C2)[C@H](O)[C@@H](O)[C@@H]1O. The van der Waals surface area contributed by atoms with Crippen molar-refractivity contribution in [1.29, 1.82) is 0 Å². The van der Waals surface area contributed by atoms with Gasteiger partial charge in [-0.1, -0.05) is 6.92 Å². The number of aliphatic hydroxyl groups excluding tert-OH is 6. The zero-order valence-electron chi connectivity index (χ0n) is 23.5. The van der Waals surface area contributed by atoms with Gasteiger partial charge < -0.3 is 55.1 Å². The van der Waals surface area contributed by atoms with Crippen molar-refractivity contribution in [3.63, 3.8) is 0 Å². The smallest absolute Gasteiger partial charge is 0.331 e. The lowest BCUT2D eigenvalue weighted by Gasteiger charge is -2.68. The first-order valence-corrected chi connectivity index (χ1v) is 14.9. The van der Waals surface area contributed by atoms with Gasteiger partial charge in [0, 0.05) is 30.3 Å². The second kappa shape index (κ2) is 9.91. The summed E-state index contributed by atoms with van der Waals surface area (Å²) < 4.78 is 16.7. The second-order valence-corrected chi connectivity index (χ2v) is 13.8. The molecule has 0 aromatic rings. The van der Waals surface area contributed by atoms with Crippen LogP contribution in [0, 0.1) is 28.6 Å². The molecule has 41 heavy (non-hydrogen) atoms. The molecule has 8 N–H and O–H groups in total. The molecule has 12 nitrogen and oxygen atoms in total. The molecule has 0 unspecified atom stereocenters. The van der Waals surface area contributed by atoms with Crippen LogP contribution in [0.1, 0.15) is 58.8 Å². The minimum atomic E-state index is -1.67. The molecule has 0 amide bonds. The van der Waals surface area contributed by atoms with Gasteiger partial charge >= 0.3 is 5.97 Å². The molecule has 2 aliphatic heterocycles. The van der Waals surface area contributed by atoms with Gasteiger partial charge in [0.2, 0.25) is 0 Å². The summed E-state index contributed by atoms with van der Waals surface area (Å²) in [6.45, 7) is 3.00. The molecule has 5 fully saturated rings. The number of hydrogen-bond donors (Lipinski definition) is 8. The number of fused-ring (bicyclic) bond motifs is 5. The fourth-order valence-electron chi connectivity index (χ4n) is 10.1. The maximum absolute atomic E-state index is 12.4. The van der Waals surface area contributed by atoms with Gasteiger partial charge in [0.25, 0.3) is 0 Å². The van der Waals surface area contributed by atoms with Gasteiger partial charge in [-0.3, -0.25) is 0 Å². The summed E-state index contributed by atoms with van der Waals surface area (Å²) in [6.07, 6.45) is -6.68.